The van der Waals surface area contributed by atoms with Crippen LogP contribution in [0.25, 0.3) is 21.3 Å². The number of nitrogens with zero attached hydrogens (tertiary/aromatic N) is 3. The molecule has 1 aliphatic rings. The predicted molar refractivity (Wildman–Crippen MR) is 100 cm³/mol. The monoisotopic (exact) mass is 391 g/mol. The summed E-state index contributed by atoms with van der Waals surface area (Å²) in [6, 6.07) is 6.25. The van der Waals surface area contributed by atoms with Crippen molar-refractivity contribution in [3.8, 4) is 11.1 Å². The SMILES string of the molecule is O=C(O)C1CCCN(c2nc(Cl)nc3scc(-c4ccc(F)cc4)c23)C1. The zero-order chi connectivity index (χ0) is 18.3. The standard InChI is InChI=1S/C18H15ClFN3O2S/c19-18-21-15(23-7-1-2-11(8-23)17(24)25)14-13(9-26-16(14)22-18)10-3-5-12(20)6-4-10/h3-6,9,11H,1-2,7-8H2,(H,24,25). The average molecular weight is 392 g/mol. The Morgan fingerprint density at radius 1 is 1.31 bits per heavy atom. The number of hydrogen-bond acceptors (Lipinski definition) is 5. The number of piperidine rings is 1. The fraction of sp³-hybridized carbons (Fsp3) is 0.278. The van der Waals surface area contributed by atoms with Crippen molar-refractivity contribution in [3.63, 3.8) is 0 Å². The van der Waals surface area contributed by atoms with Gasteiger partial charge < -0.3 is 10.0 Å². The molecule has 0 amide bonds. The Labute approximate surface area is 158 Å². The number of carboxylic acids is 1. The summed E-state index contributed by atoms with van der Waals surface area (Å²) in [7, 11) is 0. The average Bonchev–Trinajstić information content (AvgIpc) is 3.05. The van der Waals surface area contributed by atoms with Crippen LogP contribution in [0.4, 0.5) is 10.2 Å². The van der Waals surface area contributed by atoms with Gasteiger partial charge >= 0.3 is 5.97 Å². The van der Waals surface area contributed by atoms with Crippen molar-refractivity contribution in [3.05, 3.63) is 40.7 Å². The molecular formula is C18H15ClFN3O2S. The lowest BCUT2D eigenvalue weighted by atomic mass is 9.97. The van der Waals surface area contributed by atoms with E-state index in [1.807, 2.05) is 10.3 Å². The zero-order valence-corrected chi connectivity index (χ0v) is 15.2. The second-order valence-electron chi connectivity index (χ2n) is 6.28. The van der Waals surface area contributed by atoms with Crippen LogP contribution >= 0.6 is 22.9 Å². The van der Waals surface area contributed by atoms with E-state index < -0.39 is 11.9 Å². The molecule has 2 aromatic heterocycles. The summed E-state index contributed by atoms with van der Waals surface area (Å²) in [5.74, 6) is -0.879. The molecule has 1 aliphatic heterocycles. The summed E-state index contributed by atoms with van der Waals surface area (Å²) in [6.45, 7) is 1.10. The molecule has 0 aliphatic carbocycles. The first-order valence-corrected chi connectivity index (χ1v) is 9.47. The Morgan fingerprint density at radius 2 is 2.08 bits per heavy atom. The molecule has 1 aromatic carbocycles. The molecule has 5 nitrogen and oxygen atoms in total. The molecule has 1 saturated heterocycles. The molecule has 1 unspecified atom stereocenters. The van der Waals surface area contributed by atoms with Gasteiger partial charge in [-0.2, -0.15) is 4.98 Å². The maximum Gasteiger partial charge on any atom is 0.308 e. The summed E-state index contributed by atoms with van der Waals surface area (Å²) in [5, 5.41) is 12.3. The molecule has 1 atom stereocenters. The normalized spacial score (nSPS) is 17.6. The molecule has 0 radical (unpaired) electrons. The van der Waals surface area contributed by atoms with Gasteiger partial charge in [0, 0.05) is 24.0 Å². The highest BCUT2D eigenvalue weighted by Gasteiger charge is 2.28. The van der Waals surface area contributed by atoms with Crippen LogP contribution in [0.5, 0.6) is 0 Å². The summed E-state index contributed by atoms with van der Waals surface area (Å²) in [6.07, 6.45) is 1.43. The lowest BCUT2D eigenvalue weighted by molar-refractivity contribution is -0.141. The molecule has 8 heteroatoms. The van der Waals surface area contributed by atoms with Crippen LogP contribution in [0.1, 0.15) is 12.8 Å². The largest absolute Gasteiger partial charge is 0.481 e. The van der Waals surface area contributed by atoms with E-state index >= 15 is 0 Å². The molecule has 3 aromatic rings. The summed E-state index contributed by atoms with van der Waals surface area (Å²) < 4.78 is 13.3. The Kier molecular flexibility index (Phi) is 4.50. The molecule has 134 valence electrons. The predicted octanol–water partition coefficient (Wildman–Crippen LogP) is 4.45. The first kappa shape index (κ1) is 17.2. The van der Waals surface area contributed by atoms with Crippen molar-refractivity contribution in [2.24, 2.45) is 5.92 Å². The van der Waals surface area contributed by atoms with Gasteiger partial charge in [0.1, 0.15) is 16.5 Å². The number of anilines is 1. The molecule has 0 bridgehead atoms. The second kappa shape index (κ2) is 6.81. The molecule has 0 saturated carbocycles. The summed E-state index contributed by atoms with van der Waals surface area (Å²) in [4.78, 5) is 22.8. The van der Waals surface area contributed by atoms with Gasteiger partial charge in [-0.15, -0.1) is 11.3 Å². The van der Waals surface area contributed by atoms with Gasteiger partial charge in [-0.1, -0.05) is 12.1 Å². The summed E-state index contributed by atoms with van der Waals surface area (Å²) >= 11 is 7.55. The third kappa shape index (κ3) is 3.12. The van der Waals surface area contributed by atoms with E-state index in [1.54, 1.807) is 12.1 Å². The second-order valence-corrected chi connectivity index (χ2v) is 7.47. The number of rotatable bonds is 3. The minimum absolute atomic E-state index is 0.137. The number of benzene rings is 1. The zero-order valence-electron chi connectivity index (χ0n) is 13.7. The van der Waals surface area contributed by atoms with Crippen LogP contribution < -0.4 is 4.90 Å². The van der Waals surface area contributed by atoms with E-state index in [0.29, 0.717) is 25.3 Å². The minimum atomic E-state index is -0.796. The van der Waals surface area contributed by atoms with Gasteiger partial charge in [0.05, 0.1) is 11.3 Å². The van der Waals surface area contributed by atoms with Crippen molar-refractivity contribution in [2.45, 2.75) is 12.8 Å². The molecule has 0 spiro atoms. The van der Waals surface area contributed by atoms with Crippen LogP contribution in [-0.4, -0.2) is 34.1 Å². The highest BCUT2D eigenvalue weighted by Crippen LogP contribution is 2.40. The van der Waals surface area contributed by atoms with E-state index in [4.69, 9.17) is 11.6 Å². The third-order valence-corrected chi connectivity index (χ3v) is 5.65. The maximum atomic E-state index is 13.3. The van der Waals surface area contributed by atoms with Crippen molar-refractivity contribution < 1.29 is 14.3 Å². The van der Waals surface area contributed by atoms with Crippen molar-refractivity contribution >= 4 is 44.9 Å². The van der Waals surface area contributed by atoms with Gasteiger partial charge in [0.2, 0.25) is 5.28 Å². The Hall–Kier alpha value is -2.25. The number of aromatic nitrogens is 2. The topological polar surface area (TPSA) is 66.3 Å². The maximum absolute atomic E-state index is 13.3. The Bertz CT molecular complexity index is 976. The molecule has 3 heterocycles. The number of thiophene rings is 1. The van der Waals surface area contributed by atoms with E-state index in [2.05, 4.69) is 9.97 Å². The number of carboxylic acid groups (broad SMARTS) is 1. The first-order valence-electron chi connectivity index (χ1n) is 8.21. The van der Waals surface area contributed by atoms with Crippen molar-refractivity contribution in [1.82, 2.24) is 9.97 Å². The smallest absolute Gasteiger partial charge is 0.308 e. The molecule has 1 N–H and O–H groups in total. The lowest BCUT2D eigenvalue weighted by Crippen LogP contribution is -2.39. The Balaban J connectivity index is 1.84. The molecular weight excluding hydrogens is 377 g/mol. The quantitative estimate of drug-likeness (QED) is 0.668. The number of hydrogen-bond donors (Lipinski definition) is 1. The fourth-order valence-electron chi connectivity index (χ4n) is 3.34. The van der Waals surface area contributed by atoms with Crippen LogP contribution in [0, 0.1) is 11.7 Å². The number of aliphatic carboxylic acids is 1. The number of carbonyl (C=O) groups is 1. The van der Waals surface area contributed by atoms with E-state index in [0.717, 1.165) is 27.8 Å². The number of halogens is 2. The van der Waals surface area contributed by atoms with E-state index in [9.17, 15) is 14.3 Å². The van der Waals surface area contributed by atoms with Crippen LogP contribution in [0.2, 0.25) is 5.28 Å². The fourth-order valence-corrected chi connectivity index (χ4v) is 4.50. The Morgan fingerprint density at radius 3 is 2.81 bits per heavy atom. The summed E-state index contributed by atoms with van der Waals surface area (Å²) in [5.41, 5.74) is 1.76. The minimum Gasteiger partial charge on any atom is -0.481 e. The molecule has 26 heavy (non-hydrogen) atoms. The van der Waals surface area contributed by atoms with Gasteiger partial charge in [-0.25, -0.2) is 9.37 Å². The van der Waals surface area contributed by atoms with Gasteiger partial charge in [0.25, 0.3) is 0 Å². The van der Waals surface area contributed by atoms with E-state index in [1.165, 1.54) is 23.5 Å². The number of fused-ring (bicyclic) bond motifs is 1. The highest BCUT2D eigenvalue weighted by atomic mass is 35.5. The van der Waals surface area contributed by atoms with Gasteiger partial charge in [-0.3, -0.25) is 4.79 Å². The van der Waals surface area contributed by atoms with Crippen LogP contribution in [-0.2, 0) is 4.79 Å². The lowest BCUT2D eigenvalue weighted by Gasteiger charge is -2.32. The molecule has 4 rings (SSSR count). The van der Waals surface area contributed by atoms with Crippen LogP contribution in [0.3, 0.4) is 0 Å². The van der Waals surface area contributed by atoms with E-state index in [-0.39, 0.29) is 11.1 Å². The highest BCUT2D eigenvalue weighted by molar-refractivity contribution is 7.17. The van der Waals surface area contributed by atoms with Crippen molar-refractivity contribution in [1.29, 1.82) is 0 Å². The van der Waals surface area contributed by atoms with Crippen molar-refractivity contribution in [2.75, 3.05) is 18.0 Å². The first-order chi connectivity index (χ1) is 12.5. The van der Waals surface area contributed by atoms with Gasteiger partial charge in [-0.05, 0) is 42.1 Å². The molecule has 1 fully saturated rings. The third-order valence-electron chi connectivity index (χ3n) is 4.61. The van der Waals surface area contributed by atoms with Gasteiger partial charge in [0.15, 0.2) is 0 Å². The van der Waals surface area contributed by atoms with Crippen LogP contribution in [0.15, 0.2) is 29.6 Å².